The van der Waals surface area contributed by atoms with Crippen molar-refractivity contribution in [2.24, 2.45) is 0 Å². The molecule has 7 heteroatoms. The molecule has 324 valence electrons. The molecular weight excluding hydrogens is 773 g/mol. The maximum atomic E-state index is 12.0. The average Bonchev–Trinajstić information content (AvgIpc) is 3.34. The summed E-state index contributed by atoms with van der Waals surface area (Å²) in [7, 11) is 0. The first kappa shape index (κ1) is 47.5. The van der Waals surface area contributed by atoms with Crippen molar-refractivity contribution >= 4 is 6.29 Å². The summed E-state index contributed by atoms with van der Waals surface area (Å²) in [5, 5.41) is 0. The number of hydrogen-bond donors (Lipinski definition) is 0. The molecular formula is C55H62O7. The molecule has 6 aromatic rings. The zero-order valence-corrected chi connectivity index (χ0v) is 36.2. The van der Waals surface area contributed by atoms with Gasteiger partial charge in [0.1, 0.15) is 24.4 Å². The molecule has 0 saturated heterocycles. The number of benzene rings is 6. The molecule has 6 aromatic carbocycles. The predicted octanol–water partition coefficient (Wildman–Crippen LogP) is 11.7. The number of ether oxygens (including phenoxy) is 6. The summed E-state index contributed by atoms with van der Waals surface area (Å²) in [4.78, 5) is 12.0. The van der Waals surface area contributed by atoms with Gasteiger partial charge in [0, 0.05) is 0 Å². The zero-order chi connectivity index (χ0) is 43.5. The molecule has 0 saturated carbocycles. The van der Waals surface area contributed by atoms with Crippen molar-refractivity contribution in [3.8, 4) is 0 Å². The summed E-state index contributed by atoms with van der Waals surface area (Å²) >= 11 is 0. The first-order chi connectivity index (χ1) is 30.6. The van der Waals surface area contributed by atoms with Crippen molar-refractivity contribution in [2.45, 2.75) is 103 Å². The van der Waals surface area contributed by atoms with E-state index < -0.39 is 12.2 Å². The Kier molecular flexibility index (Phi) is 21.6. The van der Waals surface area contributed by atoms with Gasteiger partial charge < -0.3 is 33.2 Å². The molecule has 7 nitrogen and oxygen atoms in total. The van der Waals surface area contributed by atoms with Crippen LogP contribution in [-0.2, 0) is 72.9 Å². The summed E-state index contributed by atoms with van der Waals surface area (Å²) in [5.41, 5.74) is 6.51. The van der Waals surface area contributed by atoms with Gasteiger partial charge in [-0.15, -0.1) is 6.58 Å². The number of carbonyl (C=O) groups is 1. The van der Waals surface area contributed by atoms with Crippen molar-refractivity contribution < 1.29 is 33.2 Å². The Morgan fingerprint density at radius 3 is 0.871 bits per heavy atom. The summed E-state index contributed by atoms with van der Waals surface area (Å²) < 4.78 is 37.4. The highest BCUT2D eigenvalue weighted by Gasteiger charge is 2.32. The first-order valence-corrected chi connectivity index (χ1v) is 21.6. The van der Waals surface area contributed by atoms with Crippen molar-refractivity contribution in [3.63, 3.8) is 0 Å². The van der Waals surface area contributed by atoms with Crippen LogP contribution in [0, 0.1) is 0 Å². The van der Waals surface area contributed by atoms with E-state index in [1.807, 2.05) is 159 Å². The Bertz CT molecular complexity index is 1880. The largest absolute Gasteiger partial charge is 0.371 e. The number of aldehydes is 1. The van der Waals surface area contributed by atoms with Gasteiger partial charge in [0.25, 0.3) is 0 Å². The number of hydrogen-bond acceptors (Lipinski definition) is 7. The summed E-state index contributed by atoms with van der Waals surface area (Å²) in [5.74, 6) is 0. The minimum absolute atomic E-state index is 0.123. The Morgan fingerprint density at radius 2 is 0.613 bits per heavy atom. The van der Waals surface area contributed by atoms with Gasteiger partial charge in [0.15, 0.2) is 6.29 Å². The molecule has 0 heterocycles. The monoisotopic (exact) mass is 834 g/mol. The molecule has 62 heavy (non-hydrogen) atoms. The van der Waals surface area contributed by atoms with Crippen LogP contribution in [0.15, 0.2) is 195 Å². The lowest BCUT2D eigenvalue weighted by Crippen LogP contribution is -2.43. The molecule has 0 aromatic heterocycles. The normalized spacial score (nSPS) is 14.0. The SMILES string of the molecule is C=C[C@H](OCc1ccccc1)[C@H](OCc1ccccc1)[C@@H](CC)OCc1ccccc1.CC[C@@H](OCc1ccccc1)[C@@H](OCc1ccccc1)[C@H](C=O)OCc1ccccc1. The maximum Gasteiger partial charge on any atom is 0.151 e. The van der Waals surface area contributed by atoms with E-state index in [2.05, 4.69) is 49.9 Å². The molecule has 6 atom stereocenters. The van der Waals surface area contributed by atoms with Crippen molar-refractivity contribution in [1.82, 2.24) is 0 Å². The molecule has 0 aliphatic carbocycles. The Hall–Kier alpha value is -5.51. The molecule has 0 spiro atoms. The van der Waals surface area contributed by atoms with E-state index in [9.17, 15) is 4.79 Å². The van der Waals surface area contributed by atoms with E-state index in [0.717, 1.165) is 46.1 Å². The van der Waals surface area contributed by atoms with Crippen molar-refractivity contribution in [2.75, 3.05) is 0 Å². The van der Waals surface area contributed by atoms with E-state index >= 15 is 0 Å². The van der Waals surface area contributed by atoms with Gasteiger partial charge >= 0.3 is 0 Å². The van der Waals surface area contributed by atoms with Crippen molar-refractivity contribution in [1.29, 1.82) is 0 Å². The Balaban J connectivity index is 0.000000234. The third-order valence-corrected chi connectivity index (χ3v) is 10.3. The van der Waals surface area contributed by atoms with E-state index in [0.29, 0.717) is 46.1 Å². The number of carbonyl (C=O) groups excluding carboxylic acids is 1. The van der Waals surface area contributed by atoms with Crippen LogP contribution in [0.2, 0.25) is 0 Å². The minimum atomic E-state index is -0.732. The van der Waals surface area contributed by atoms with E-state index in [4.69, 9.17) is 28.4 Å². The Morgan fingerprint density at radius 1 is 0.371 bits per heavy atom. The molecule has 0 N–H and O–H groups in total. The third kappa shape index (κ3) is 16.7. The standard InChI is InChI=1S/C28H32O3.C27H30O4/c1-3-26(29-20-23-14-8-5-9-15-23)28(31-22-25-18-12-7-13-19-25)27(4-2)30-21-24-16-10-6-11-17-24;1-2-25(29-19-22-12-6-3-7-13-22)27(31-21-24-16-10-5-11-17-24)26(18-28)30-20-23-14-8-4-9-15-23/h3,5-19,26-28H,1,4,20-22H2,2H3;3-18,25-27H,2,19-21H2,1H3/t26-,27+,28-;25-,26+,27-/m01/s1. The Labute approximate surface area is 369 Å². The van der Waals surface area contributed by atoms with Gasteiger partial charge in [-0.3, -0.25) is 0 Å². The van der Waals surface area contributed by atoms with Crippen LogP contribution < -0.4 is 0 Å². The van der Waals surface area contributed by atoms with E-state index in [1.54, 1.807) is 0 Å². The van der Waals surface area contributed by atoms with Crippen LogP contribution in [0.5, 0.6) is 0 Å². The van der Waals surface area contributed by atoms with Gasteiger partial charge in [-0.1, -0.05) is 202 Å². The molecule has 0 bridgehead atoms. The summed E-state index contributed by atoms with van der Waals surface area (Å²) in [6.07, 6.45) is 1.95. The molecule has 0 aliphatic heterocycles. The quantitative estimate of drug-likeness (QED) is 0.0398. The van der Waals surface area contributed by atoms with Crippen LogP contribution in [0.3, 0.4) is 0 Å². The van der Waals surface area contributed by atoms with Gasteiger partial charge in [0.05, 0.1) is 51.8 Å². The lowest BCUT2D eigenvalue weighted by Gasteiger charge is -2.32. The summed E-state index contributed by atoms with van der Waals surface area (Å²) in [6, 6.07) is 60.3. The fraction of sp³-hybridized carbons (Fsp3) is 0.291. The van der Waals surface area contributed by atoms with Crippen LogP contribution in [0.4, 0.5) is 0 Å². The first-order valence-electron chi connectivity index (χ1n) is 21.6. The molecule has 0 aliphatic rings. The highest BCUT2D eigenvalue weighted by Crippen LogP contribution is 2.22. The van der Waals surface area contributed by atoms with Gasteiger partial charge in [0.2, 0.25) is 0 Å². The maximum absolute atomic E-state index is 12.0. The second-order valence-corrected chi connectivity index (χ2v) is 14.9. The molecule has 0 amide bonds. The highest BCUT2D eigenvalue weighted by molar-refractivity contribution is 5.57. The van der Waals surface area contributed by atoms with Crippen LogP contribution >= 0.6 is 0 Å². The molecule has 0 unspecified atom stereocenters. The lowest BCUT2D eigenvalue weighted by atomic mass is 10.0. The minimum Gasteiger partial charge on any atom is -0.371 e. The van der Waals surface area contributed by atoms with Crippen LogP contribution in [-0.4, -0.2) is 42.9 Å². The second kappa shape index (κ2) is 28.2. The predicted molar refractivity (Wildman–Crippen MR) is 247 cm³/mol. The zero-order valence-electron chi connectivity index (χ0n) is 36.2. The van der Waals surface area contributed by atoms with Crippen LogP contribution in [0.1, 0.15) is 60.1 Å². The smallest absolute Gasteiger partial charge is 0.151 e. The van der Waals surface area contributed by atoms with E-state index in [1.165, 1.54) is 0 Å². The topological polar surface area (TPSA) is 72.5 Å². The second-order valence-electron chi connectivity index (χ2n) is 14.9. The number of rotatable bonds is 26. The van der Waals surface area contributed by atoms with Gasteiger partial charge in [-0.25, -0.2) is 0 Å². The fourth-order valence-corrected chi connectivity index (χ4v) is 6.85. The van der Waals surface area contributed by atoms with Crippen molar-refractivity contribution in [3.05, 3.63) is 228 Å². The fourth-order valence-electron chi connectivity index (χ4n) is 6.85. The average molecular weight is 835 g/mol. The van der Waals surface area contributed by atoms with E-state index in [-0.39, 0.29) is 24.4 Å². The van der Waals surface area contributed by atoms with Crippen LogP contribution in [0.25, 0.3) is 0 Å². The molecule has 0 radical (unpaired) electrons. The van der Waals surface area contributed by atoms with Gasteiger partial charge in [-0.2, -0.15) is 0 Å². The molecule has 0 fully saturated rings. The van der Waals surface area contributed by atoms with Gasteiger partial charge in [-0.05, 0) is 46.2 Å². The lowest BCUT2D eigenvalue weighted by molar-refractivity contribution is -0.159. The highest BCUT2D eigenvalue weighted by atomic mass is 16.6. The third-order valence-electron chi connectivity index (χ3n) is 10.3. The molecule has 6 rings (SSSR count). The summed E-state index contributed by atoms with van der Waals surface area (Å²) in [6.45, 7) is 10.9.